The average Bonchev–Trinajstić information content (AvgIpc) is 3.18. The van der Waals surface area contributed by atoms with Gasteiger partial charge in [0, 0.05) is 17.7 Å². The van der Waals surface area contributed by atoms with Crippen molar-refractivity contribution in [2.45, 2.75) is 52.3 Å². The van der Waals surface area contributed by atoms with Crippen LogP contribution in [0.15, 0.2) is 71.3 Å². The number of furan rings is 1. The topological polar surface area (TPSA) is 17.0 Å². The van der Waals surface area contributed by atoms with Crippen molar-refractivity contribution in [1.29, 1.82) is 0 Å². The molecule has 0 N–H and O–H groups in total. The second-order valence-corrected chi connectivity index (χ2v) is 10.6. The summed E-state index contributed by atoms with van der Waals surface area (Å²) in [6.07, 6.45) is 6.26. The fraction of sp³-hybridized carbons (Fsp3) is 0.323. The Morgan fingerprint density at radius 3 is 2.48 bits per heavy atom. The molecule has 2 aromatic heterocycles. The highest BCUT2D eigenvalue weighted by molar-refractivity contribution is 6.14. The highest BCUT2D eigenvalue weighted by Crippen LogP contribution is 2.43. The molecular formula is C31H32NO+. The fourth-order valence-electron chi connectivity index (χ4n) is 5.52. The molecule has 1 aliphatic rings. The van der Waals surface area contributed by atoms with Crippen LogP contribution in [0.5, 0.6) is 0 Å². The molecule has 2 heterocycles. The van der Waals surface area contributed by atoms with Crippen molar-refractivity contribution in [3.8, 4) is 11.3 Å². The number of rotatable bonds is 2. The summed E-state index contributed by atoms with van der Waals surface area (Å²) in [6.45, 7) is 6.81. The Labute approximate surface area is 197 Å². The van der Waals surface area contributed by atoms with Gasteiger partial charge >= 0.3 is 0 Å². The summed E-state index contributed by atoms with van der Waals surface area (Å²) in [6, 6.07) is 21.6. The normalized spacial score (nSPS) is 18.1. The first-order chi connectivity index (χ1) is 16.2. The predicted octanol–water partition coefficient (Wildman–Crippen LogP) is 8.22. The van der Waals surface area contributed by atoms with Gasteiger partial charge in [-0.1, -0.05) is 56.3 Å². The van der Waals surface area contributed by atoms with Gasteiger partial charge < -0.3 is 4.42 Å². The lowest BCUT2D eigenvalue weighted by molar-refractivity contribution is -0.659. The van der Waals surface area contributed by atoms with Gasteiger partial charge in [0.15, 0.2) is 6.20 Å². The fourth-order valence-corrected chi connectivity index (χ4v) is 5.52. The second-order valence-electron chi connectivity index (χ2n) is 10.6. The number of hydrogen-bond donors (Lipinski definition) is 0. The molecule has 0 atom stereocenters. The van der Waals surface area contributed by atoms with Gasteiger partial charge in [-0.3, -0.25) is 0 Å². The summed E-state index contributed by atoms with van der Waals surface area (Å²) >= 11 is 0. The molecule has 0 spiro atoms. The van der Waals surface area contributed by atoms with Crippen molar-refractivity contribution in [2.75, 3.05) is 0 Å². The zero-order chi connectivity index (χ0) is 23.7. The van der Waals surface area contributed by atoms with Gasteiger partial charge in [-0.05, 0) is 72.6 Å². The quantitative estimate of drug-likeness (QED) is 0.255. The van der Waals surface area contributed by atoms with E-state index in [1.165, 1.54) is 11.1 Å². The molecule has 5 aromatic rings. The van der Waals surface area contributed by atoms with E-state index in [4.69, 9.17) is 4.42 Å². The lowest BCUT2D eigenvalue weighted by Gasteiger charge is -2.34. The van der Waals surface area contributed by atoms with E-state index in [9.17, 15) is 1.37 Å². The van der Waals surface area contributed by atoms with Crippen LogP contribution in [0, 0.1) is 12.3 Å². The summed E-state index contributed by atoms with van der Waals surface area (Å²) in [5.41, 5.74) is 6.96. The highest BCUT2D eigenvalue weighted by atomic mass is 16.3. The summed E-state index contributed by atoms with van der Waals surface area (Å²) in [5.74, 6) is -0.483. The van der Waals surface area contributed by atoms with Crippen molar-refractivity contribution in [3.63, 3.8) is 0 Å². The minimum absolute atomic E-state index is 0.356. The minimum Gasteiger partial charge on any atom is -0.455 e. The average molecular weight is 436 g/mol. The third-order valence-electron chi connectivity index (χ3n) is 7.74. The number of aryl methyl sites for hydroxylation is 2. The van der Waals surface area contributed by atoms with E-state index in [-0.39, 0.29) is 0 Å². The molecule has 2 nitrogen and oxygen atoms in total. The van der Waals surface area contributed by atoms with Crippen molar-refractivity contribution >= 4 is 32.7 Å². The van der Waals surface area contributed by atoms with E-state index in [0.29, 0.717) is 5.41 Å². The number of hydrogen-bond acceptors (Lipinski definition) is 1. The molecule has 1 aliphatic carbocycles. The minimum atomic E-state index is -0.483. The SMILES string of the molecule is [2H]C1(c2ccc3c(ccc4c5c[n+](C)c(-c6ccccc6C)cc5oc34)c2)CCC(C)(C)CC1. The Hall–Kier alpha value is -3.13. The molecule has 6 rings (SSSR count). The maximum absolute atomic E-state index is 9.18. The molecule has 1 fully saturated rings. The van der Waals surface area contributed by atoms with Gasteiger partial charge in [0.1, 0.15) is 18.2 Å². The summed E-state index contributed by atoms with van der Waals surface area (Å²) in [7, 11) is 2.10. The molecule has 33 heavy (non-hydrogen) atoms. The zero-order valence-corrected chi connectivity index (χ0v) is 20.0. The standard InChI is InChI=1S/C31H32NO/c1-20-7-5-6-8-24(20)28-18-29-27(19-32(28)4)26-12-10-23-17-22(9-11-25(23)30(26)33-29)21-13-15-31(2,3)16-14-21/h5-12,17-19,21H,13-16H2,1-4H3/q+1/i21D. The molecule has 1 saturated carbocycles. The third kappa shape index (κ3) is 3.44. The number of pyridine rings is 1. The molecule has 0 bridgehead atoms. The summed E-state index contributed by atoms with van der Waals surface area (Å²) < 4.78 is 17.9. The van der Waals surface area contributed by atoms with Gasteiger partial charge in [0.2, 0.25) is 5.69 Å². The molecule has 3 aromatic carbocycles. The molecule has 0 unspecified atom stereocenters. The first-order valence-corrected chi connectivity index (χ1v) is 12.1. The van der Waals surface area contributed by atoms with Crippen LogP contribution in [0.1, 0.15) is 57.9 Å². The molecule has 0 saturated heterocycles. The van der Waals surface area contributed by atoms with E-state index in [0.717, 1.165) is 69.7 Å². The number of fused-ring (bicyclic) bond motifs is 5. The van der Waals surface area contributed by atoms with Gasteiger partial charge in [-0.25, -0.2) is 4.57 Å². The lowest BCUT2D eigenvalue weighted by Crippen LogP contribution is -2.30. The van der Waals surface area contributed by atoms with E-state index >= 15 is 0 Å². The first kappa shape index (κ1) is 19.3. The van der Waals surface area contributed by atoms with Crippen LogP contribution in [0.25, 0.3) is 44.0 Å². The Morgan fingerprint density at radius 1 is 0.939 bits per heavy atom. The first-order valence-electron chi connectivity index (χ1n) is 12.6. The maximum atomic E-state index is 9.18. The highest BCUT2D eigenvalue weighted by Gasteiger charge is 2.28. The van der Waals surface area contributed by atoms with E-state index in [1.807, 2.05) is 0 Å². The van der Waals surface area contributed by atoms with Crippen molar-refractivity contribution in [1.82, 2.24) is 0 Å². The molecule has 0 aliphatic heterocycles. The molecule has 0 amide bonds. The molecule has 0 radical (unpaired) electrons. The van der Waals surface area contributed by atoms with Gasteiger partial charge in [0.25, 0.3) is 0 Å². The third-order valence-corrected chi connectivity index (χ3v) is 7.74. The van der Waals surface area contributed by atoms with Crippen molar-refractivity contribution in [2.24, 2.45) is 12.5 Å². The van der Waals surface area contributed by atoms with Crippen LogP contribution in [0.3, 0.4) is 0 Å². The van der Waals surface area contributed by atoms with E-state index in [1.54, 1.807) is 0 Å². The van der Waals surface area contributed by atoms with Crippen LogP contribution in [-0.4, -0.2) is 0 Å². The number of benzene rings is 3. The molecule has 2 heteroatoms. The van der Waals surface area contributed by atoms with Crippen LogP contribution in [0.4, 0.5) is 0 Å². The monoisotopic (exact) mass is 435 g/mol. The molecular weight excluding hydrogens is 402 g/mol. The Balaban J connectivity index is 1.48. The van der Waals surface area contributed by atoms with E-state index < -0.39 is 5.89 Å². The summed E-state index contributed by atoms with van der Waals surface area (Å²) in [4.78, 5) is 0. The van der Waals surface area contributed by atoms with Gasteiger partial charge in [0.05, 0.1) is 11.5 Å². The van der Waals surface area contributed by atoms with Crippen LogP contribution in [0.2, 0.25) is 0 Å². The Morgan fingerprint density at radius 2 is 1.70 bits per heavy atom. The van der Waals surface area contributed by atoms with Crippen LogP contribution >= 0.6 is 0 Å². The Bertz CT molecular complexity index is 1570. The van der Waals surface area contributed by atoms with Crippen molar-refractivity contribution < 1.29 is 10.4 Å². The van der Waals surface area contributed by atoms with E-state index in [2.05, 4.69) is 99.2 Å². The van der Waals surface area contributed by atoms with Crippen molar-refractivity contribution in [3.05, 3.63) is 78.0 Å². The van der Waals surface area contributed by atoms with Crippen LogP contribution < -0.4 is 4.57 Å². The number of aromatic nitrogens is 1. The van der Waals surface area contributed by atoms with Crippen LogP contribution in [-0.2, 0) is 7.05 Å². The summed E-state index contributed by atoms with van der Waals surface area (Å²) in [5, 5.41) is 4.55. The number of nitrogens with zero attached hydrogens (tertiary/aromatic N) is 1. The lowest BCUT2D eigenvalue weighted by atomic mass is 9.71. The van der Waals surface area contributed by atoms with Gasteiger partial charge in [-0.15, -0.1) is 0 Å². The second kappa shape index (κ2) is 7.45. The largest absolute Gasteiger partial charge is 0.455 e. The molecule has 166 valence electrons. The zero-order valence-electron chi connectivity index (χ0n) is 21.0. The smallest absolute Gasteiger partial charge is 0.216 e. The maximum Gasteiger partial charge on any atom is 0.216 e. The Kier molecular flexibility index (Phi) is 4.37. The van der Waals surface area contributed by atoms with Gasteiger partial charge in [-0.2, -0.15) is 0 Å². The predicted molar refractivity (Wildman–Crippen MR) is 138 cm³/mol.